The van der Waals surface area contributed by atoms with Crippen LogP contribution in [0.25, 0.3) is 0 Å². The van der Waals surface area contributed by atoms with E-state index < -0.39 is 11.6 Å². The van der Waals surface area contributed by atoms with E-state index in [4.69, 9.17) is 4.74 Å². The second-order valence-electron chi connectivity index (χ2n) is 4.19. The summed E-state index contributed by atoms with van der Waals surface area (Å²) in [5.41, 5.74) is 0.531. The van der Waals surface area contributed by atoms with Gasteiger partial charge in [0.1, 0.15) is 11.6 Å². The zero-order valence-corrected chi connectivity index (χ0v) is 10.5. The molecule has 0 amide bonds. The molecule has 1 N–H and O–H groups in total. The van der Waals surface area contributed by atoms with Crippen LogP contribution in [0, 0.1) is 11.6 Å². The van der Waals surface area contributed by atoms with E-state index in [-0.39, 0.29) is 12.0 Å². The highest BCUT2D eigenvalue weighted by Crippen LogP contribution is 2.22. The third-order valence-electron chi connectivity index (χ3n) is 2.98. The summed E-state index contributed by atoms with van der Waals surface area (Å²) in [6.45, 7) is 5.22. The van der Waals surface area contributed by atoms with Crippen molar-refractivity contribution in [3.05, 3.63) is 35.4 Å². The molecule has 0 aliphatic rings. The van der Waals surface area contributed by atoms with Crippen LogP contribution in [-0.4, -0.2) is 26.3 Å². The molecule has 0 aliphatic carbocycles. The lowest BCUT2D eigenvalue weighted by atomic mass is 9.94. The molecule has 4 heteroatoms. The zero-order valence-electron chi connectivity index (χ0n) is 10.5. The fourth-order valence-corrected chi connectivity index (χ4v) is 1.71. The van der Waals surface area contributed by atoms with E-state index in [0.717, 1.165) is 6.07 Å². The Kier molecular flexibility index (Phi) is 5.51. The molecule has 0 radical (unpaired) electrons. The van der Waals surface area contributed by atoms with E-state index in [9.17, 15) is 8.78 Å². The molecule has 0 aromatic heterocycles. The number of hydrogen-bond acceptors (Lipinski definition) is 2. The van der Waals surface area contributed by atoms with Crippen molar-refractivity contribution in [2.75, 3.05) is 20.3 Å². The Balaban J connectivity index is 2.64. The van der Waals surface area contributed by atoms with Crippen molar-refractivity contribution >= 4 is 0 Å². The fourth-order valence-electron chi connectivity index (χ4n) is 1.71. The van der Waals surface area contributed by atoms with E-state index in [1.165, 1.54) is 12.1 Å². The van der Waals surface area contributed by atoms with Crippen molar-refractivity contribution in [1.82, 2.24) is 5.32 Å². The average molecular weight is 243 g/mol. The van der Waals surface area contributed by atoms with Crippen molar-refractivity contribution < 1.29 is 13.5 Å². The molecule has 0 heterocycles. The Morgan fingerprint density at radius 1 is 1.29 bits per heavy atom. The molecule has 96 valence electrons. The van der Waals surface area contributed by atoms with Crippen LogP contribution in [0.2, 0.25) is 0 Å². The first-order valence-corrected chi connectivity index (χ1v) is 5.73. The predicted molar refractivity (Wildman–Crippen MR) is 64.1 cm³/mol. The Bertz CT molecular complexity index is 357. The number of nitrogens with one attached hydrogen (secondary N) is 1. The van der Waals surface area contributed by atoms with E-state index in [1.54, 1.807) is 7.11 Å². The van der Waals surface area contributed by atoms with Crippen LogP contribution in [0.1, 0.15) is 25.3 Å². The number of methoxy groups -OCH3 is 1. The van der Waals surface area contributed by atoms with Gasteiger partial charge in [0.2, 0.25) is 0 Å². The minimum atomic E-state index is -0.543. The maximum atomic E-state index is 13.6. The molecular formula is C13H19F2NO. The summed E-state index contributed by atoms with van der Waals surface area (Å²) in [5.74, 6) is -1.05. The van der Waals surface area contributed by atoms with Gasteiger partial charge in [0.15, 0.2) is 0 Å². The first kappa shape index (κ1) is 14.1. The number of rotatable bonds is 6. The first-order chi connectivity index (χ1) is 8.06. The van der Waals surface area contributed by atoms with E-state index in [0.29, 0.717) is 18.7 Å². The zero-order chi connectivity index (χ0) is 12.8. The Morgan fingerprint density at radius 2 is 2.00 bits per heavy atom. The highest BCUT2D eigenvalue weighted by molar-refractivity contribution is 5.23. The molecule has 2 unspecified atom stereocenters. The van der Waals surface area contributed by atoms with E-state index >= 15 is 0 Å². The van der Waals surface area contributed by atoms with Gasteiger partial charge in [0, 0.05) is 25.8 Å². The molecule has 1 aromatic rings. The standard InChI is InChI=1S/C13H19F2NO/c1-9(10(2)16-6-7-17-3)12-5-4-11(14)8-13(12)15/h4-5,8-10,16H,6-7H2,1-3H3. The summed E-state index contributed by atoms with van der Waals surface area (Å²) < 4.78 is 31.3. The van der Waals surface area contributed by atoms with Crippen LogP contribution in [0.15, 0.2) is 18.2 Å². The molecule has 0 fully saturated rings. The van der Waals surface area contributed by atoms with E-state index in [2.05, 4.69) is 5.32 Å². The molecule has 0 aliphatic heterocycles. The van der Waals surface area contributed by atoms with Crippen molar-refractivity contribution in [3.8, 4) is 0 Å². The summed E-state index contributed by atoms with van der Waals surface area (Å²) in [7, 11) is 1.63. The topological polar surface area (TPSA) is 21.3 Å². The molecule has 0 saturated carbocycles. The van der Waals surface area contributed by atoms with Gasteiger partial charge in [-0.1, -0.05) is 13.0 Å². The van der Waals surface area contributed by atoms with Crippen LogP contribution in [0.5, 0.6) is 0 Å². The summed E-state index contributed by atoms with van der Waals surface area (Å²) in [5, 5.41) is 3.24. The van der Waals surface area contributed by atoms with Crippen LogP contribution < -0.4 is 5.32 Å². The lowest BCUT2D eigenvalue weighted by Crippen LogP contribution is -2.33. The lowest BCUT2D eigenvalue weighted by Gasteiger charge is -2.22. The number of benzene rings is 1. The Hall–Kier alpha value is -1.00. The monoisotopic (exact) mass is 243 g/mol. The molecule has 0 saturated heterocycles. The summed E-state index contributed by atoms with van der Waals surface area (Å²) in [6.07, 6.45) is 0. The Morgan fingerprint density at radius 3 is 2.59 bits per heavy atom. The number of hydrogen-bond donors (Lipinski definition) is 1. The number of halogens is 2. The molecule has 0 bridgehead atoms. The van der Waals surface area contributed by atoms with Gasteiger partial charge < -0.3 is 10.1 Å². The second-order valence-corrected chi connectivity index (χ2v) is 4.19. The predicted octanol–water partition coefficient (Wildman–Crippen LogP) is 2.69. The number of ether oxygens (including phenoxy) is 1. The van der Waals surface area contributed by atoms with Gasteiger partial charge in [0.25, 0.3) is 0 Å². The smallest absolute Gasteiger partial charge is 0.129 e. The molecule has 2 atom stereocenters. The molecular weight excluding hydrogens is 224 g/mol. The molecule has 1 rings (SSSR count). The van der Waals surface area contributed by atoms with Gasteiger partial charge >= 0.3 is 0 Å². The summed E-state index contributed by atoms with van der Waals surface area (Å²) in [4.78, 5) is 0. The van der Waals surface area contributed by atoms with Crippen molar-refractivity contribution in [2.24, 2.45) is 0 Å². The van der Waals surface area contributed by atoms with Crippen molar-refractivity contribution in [2.45, 2.75) is 25.8 Å². The normalized spacial score (nSPS) is 14.6. The first-order valence-electron chi connectivity index (χ1n) is 5.73. The molecule has 1 aromatic carbocycles. The van der Waals surface area contributed by atoms with Gasteiger partial charge in [-0.2, -0.15) is 0 Å². The maximum absolute atomic E-state index is 13.6. The van der Waals surface area contributed by atoms with Gasteiger partial charge in [-0.25, -0.2) is 8.78 Å². The summed E-state index contributed by atoms with van der Waals surface area (Å²) in [6, 6.07) is 3.82. The maximum Gasteiger partial charge on any atom is 0.129 e. The fraction of sp³-hybridized carbons (Fsp3) is 0.538. The van der Waals surface area contributed by atoms with Crippen LogP contribution in [-0.2, 0) is 4.74 Å². The minimum absolute atomic E-state index is 0.0209. The van der Waals surface area contributed by atoms with Crippen LogP contribution >= 0.6 is 0 Å². The van der Waals surface area contributed by atoms with E-state index in [1.807, 2.05) is 13.8 Å². The van der Waals surface area contributed by atoms with Crippen molar-refractivity contribution in [1.29, 1.82) is 0 Å². The minimum Gasteiger partial charge on any atom is -0.383 e. The Labute approximate surface area is 101 Å². The van der Waals surface area contributed by atoms with Gasteiger partial charge in [-0.05, 0) is 24.5 Å². The molecule has 17 heavy (non-hydrogen) atoms. The quantitative estimate of drug-likeness (QED) is 0.776. The highest BCUT2D eigenvalue weighted by atomic mass is 19.1. The largest absolute Gasteiger partial charge is 0.383 e. The van der Waals surface area contributed by atoms with Crippen molar-refractivity contribution in [3.63, 3.8) is 0 Å². The summed E-state index contributed by atoms with van der Waals surface area (Å²) >= 11 is 0. The molecule has 2 nitrogen and oxygen atoms in total. The van der Waals surface area contributed by atoms with Gasteiger partial charge in [-0.15, -0.1) is 0 Å². The van der Waals surface area contributed by atoms with Crippen LogP contribution in [0.3, 0.4) is 0 Å². The van der Waals surface area contributed by atoms with Crippen LogP contribution in [0.4, 0.5) is 8.78 Å². The highest BCUT2D eigenvalue weighted by Gasteiger charge is 2.17. The van der Waals surface area contributed by atoms with Gasteiger partial charge in [0.05, 0.1) is 6.61 Å². The molecule has 0 spiro atoms. The average Bonchev–Trinajstić information content (AvgIpc) is 2.28. The lowest BCUT2D eigenvalue weighted by molar-refractivity contribution is 0.195. The SMILES string of the molecule is COCCNC(C)C(C)c1ccc(F)cc1F. The second kappa shape index (κ2) is 6.67. The third-order valence-corrected chi connectivity index (χ3v) is 2.98. The van der Waals surface area contributed by atoms with Gasteiger partial charge in [-0.3, -0.25) is 0 Å². The third kappa shape index (κ3) is 4.06.